The first-order valence-corrected chi connectivity index (χ1v) is 8.46. The average Bonchev–Trinajstić information content (AvgIpc) is 3.25. The minimum atomic E-state index is -0.272. The molecule has 0 unspecified atom stereocenters. The molecule has 7 heteroatoms. The van der Waals surface area contributed by atoms with Gasteiger partial charge in [-0.3, -0.25) is 4.79 Å². The van der Waals surface area contributed by atoms with Crippen LogP contribution in [0.1, 0.15) is 24.1 Å². The van der Waals surface area contributed by atoms with E-state index in [1.807, 2.05) is 6.07 Å². The monoisotopic (exact) mass is 335 g/mol. The van der Waals surface area contributed by atoms with E-state index in [4.69, 9.17) is 0 Å². The summed E-state index contributed by atoms with van der Waals surface area (Å²) >= 11 is 1.42. The van der Waals surface area contributed by atoms with E-state index < -0.39 is 0 Å². The van der Waals surface area contributed by atoms with Gasteiger partial charge in [0, 0.05) is 11.8 Å². The molecule has 2 aromatic rings. The number of aromatic nitrogens is 2. The van der Waals surface area contributed by atoms with Gasteiger partial charge in [-0.25, -0.2) is 9.37 Å². The van der Waals surface area contributed by atoms with Crippen molar-refractivity contribution in [1.82, 2.24) is 14.9 Å². The number of hydrogen-bond acceptors (Lipinski definition) is 4. The van der Waals surface area contributed by atoms with Crippen LogP contribution in [-0.4, -0.2) is 26.6 Å². The van der Waals surface area contributed by atoms with Crippen molar-refractivity contribution in [2.75, 3.05) is 0 Å². The number of aliphatic hydroxyl groups excluding tert-OH is 1. The zero-order valence-corrected chi connectivity index (χ0v) is 13.4. The maximum Gasteiger partial charge on any atom is 0.240 e. The van der Waals surface area contributed by atoms with Gasteiger partial charge in [0.2, 0.25) is 5.91 Å². The lowest BCUT2D eigenvalue weighted by molar-refractivity contribution is -0.122. The number of hydrogen-bond donors (Lipinski definition) is 2. The largest absolute Gasteiger partial charge is 0.390 e. The van der Waals surface area contributed by atoms with Crippen LogP contribution in [0.2, 0.25) is 0 Å². The van der Waals surface area contributed by atoms with E-state index in [2.05, 4.69) is 10.3 Å². The molecule has 1 aliphatic rings. The van der Waals surface area contributed by atoms with Crippen LogP contribution >= 0.6 is 11.8 Å². The molecule has 0 aliphatic heterocycles. The molecule has 1 aromatic carbocycles. The lowest BCUT2D eigenvalue weighted by Gasteiger charge is -2.11. The van der Waals surface area contributed by atoms with Crippen molar-refractivity contribution >= 4 is 17.7 Å². The third-order valence-corrected chi connectivity index (χ3v) is 4.63. The molecule has 0 bridgehead atoms. The van der Waals surface area contributed by atoms with Crippen molar-refractivity contribution in [3.05, 3.63) is 47.5 Å². The Labute approximate surface area is 137 Å². The first kappa shape index (κ1) is 16.0. The molecule has 122 valence electrons. The Morgan fingerprint density at radius 3 is 3.00 bits per heavy atom. The van der Waals surface area contributed by atoms with Gasteiger partial charge in [0.05, 0.1) is 18.5 Å². The standard InChI is InChI=1S/C16H18FN3O2S/c17-12-3-1-2-11(6-12)10-23-16-18-7-14(9-21)20(16)8-15(22)19-13-4-5-13/h1-3,6-7,13,21H,4-5,8-10H2,(H,19,22). The summed E-state index contributed by atoms with van der Waals surface area (Å²) in [6.07, 6.45) is 3.63. The molecule has 5 nitrogen and oxygen atoms in total. The van der Waals surface area contributed by atoms with Crippen LogP contribution in [0, 0.1) is 5.82 Å². The molecular formula is C16H18FN3O2S. The van der Waals surface area contributed by atoms with E-state index in [1.165, 1.54) is 23.9 Å². The fraction of sp³-hybridized carbons (Fsp3) is 0.375. The summed E-state index contributed by atoms with van der Waals surface area (Å²) in [6, 6.07) is 6.69. The summed E-state index contributed by atoms with van der Waals surface area (Å²) in [5, 5.41) is 13.0. The molecule has 3 rings (SSSR count). The van der Waals surface area contributed by atoms with Gasteiger partial charge in [0.15, 0.2) is 5.16 Å². The van der Waals surface area contributed by atoms with Gasteiger partial charge in [0.1, 0.15) is 12.4 Å². The summed E-state index contributed by atoms with van der Waals surface area (Å²) in [5.74, 6) is 0.197. The zero-order chi connectivity index (χ0) is 16.2. The third kappa shape index (κ3) is 4.33. The Morgan fingerprint density at radius 1 is 1.48 bits per heavy atom. The van der Waals surface area contributed by atoms with Gasteiger partial charge in [-0.1, -0.05) is 23.9 Å². The first-order chi connectivity index (χ1) is 11.2. The molecule has 0 saturated heterocycles. The predicted molar refractivity (Wildman–Crippen MR) is 85.3 cm³/mol. The topological polar surface area (TPSA) is 67.2 Å². The summed E-state index contributed by atoms with van der Waals surface area (Å²) in [4.78, 5) is 16.3. The van der Waals surface area contributed by atoms with Crippen LogP contribution in [0.25, 0.3) is 0 Å². The fourth-order valence-corrected chi connectivity index (χ4v) is 3.16. The van der Waals surface area contributed by atoms with Gasteiger partial charge < -0.3 is 15.0 Å². The highest BCUT2D eigenvalue weighted by molar-refractivity contribution is 7.98. The van der Waals surface area contributed by atoms with Crippen molar-refractivity contribution in [2.45, 2.75) is 42.9 Å². The predicted octanol–water partition coefficient (Wildman–Crippen LogP) is 2.09. The molecule has 1 fully saturated rings. The van der Waals surface area contributed by atoms with Crippen molar-refractivity contribution < 1.29 is 14.3 Å². The normalized spacial score (nSPS) is 14.0. The van der Waals surface area contributed by atoms with E-state index in [1.54, 1.807) is 16.8 Å². The molecule has 23 heavy (non-hydrogen) atoms. The van der Waals surface area contributed by atoms with Crippen LogP contribution in [0.15, 0.2) is 35.6 Å². The number of carbonyl (C=O) groups is 1. The molecule has 0 atom stereocenters. The van der Waals surface area contributed by atoms with Crippen molar-refractivity contribution in [2.24, 2.45) is 0 Å². The third-order valence-electron chi connectivity index (χ3n) is 3.56. The molecule has 1 heterocycles. The molecule has 2 N–H and O–H groups in total. The van der Waals surface area contributed by atoms with E-state index in [0.717, 1.165) is 18.4 Å². The van der Waals surface area contributed by atoms with Gasteiger partial charge >= 0.3 is 0 Å². The molecule has 1 aromatic heterocycles. The molecule has 1 aliphatic carbocycles. The highest BCUT2D eigenvalue weighted by atomic mass is 32.2. The number of carbonyl (C=O) groups excluding carboxylic acids is 1. The SMILES string of the molecule is O=C(Cn1c(CO)cnc1SCc1cccc(F)c1)NC1CC1. The van der Waals surface area contributed by atoms with Crippen LogP contribution in [0.3, 0.4) is 0 Å². The Hall–Kier alpha value is -1.86. The Kier molecular flexibility index (Phi) is 4.97. The number of nitrogens with zero attached hydrogens (tertiary/aromatic N) is 2. The number of aliphatic hydroxyl groups is 1. The van der Waals surface area contributed by atoms with Gasteiger partial charge in [-0.05, 0) is 30.5 Å². The lowest BCUT2D eigenvalue weighted by Crippen LogP contribution is -2.30. The number of nitrogens with one attached hydrogen (secondary N) is 1. The quantitative estimate of drug-likeness (QED) is 0.760. The number of amides is 1. The highest BCUT2D eigenvalue weighted by Crippen LogP contribution is 2.24. The molecule has 1 amide bonds. The fourth-order valence-electron chi connectivity index (χ4n) is 2.22. The van der Waals surface area contributed by atoms with Crippen molar-refractivity contribution in [3.8, 4) is 0 Å². The number of halogens is 1. The number of rotatable bonds is 7. The van der Waals surface area contributed by atoms with E-state index in [-0.39, 0.29) is 24.9 Å². The minimum Gasteiger partial charge on any atom is -0.390 e. The maximum atomic E-state index is 13.2. The van der Waals surface area contributed by atoms with Crippen LogP contribution < -0.4 is 5.32 Å². The Balaban J connectivity index is 1.68. The second-order valence-corrected chi connectivity index (χ2v) is 6.48. The second kappa shape index (κ2) is 7.14. The lowest BCUT2D eigenvalue weighted by atomic mass is 10.2. The van der Waals surface area contributed by atoms with Crippen LogP contribution in [0.5, 0.6) is 0 Å². The minimum absolute atomic E-state index is 0.0761. The van der Waals surface area contributed by atoms with Crippen molar-refractivity contribution in [1.29, 1.82) is 0 Å². The van der Waals surface area contributed by atoms with E-state index in [9.17, 15) is 14.3 Å². The molecular weight excluding hydrogens is 317 g/mol. The smallest absolute Gasteiger partial charge is 0.240 e. The van der Waals surface area contributed by atoms with Crippen LogP contribution in [0.4, 0.5) is 4.39 Å². The Bertz CT molecular complexity index is 700. The average molecular weight is 335 g/mol. The highest BCUT2D eigenvalue weighted by Gasteiger charge is 2.24. The zero-order valence-electron chi connectivity index (χ0n) is 12.5. The number of imidazole rings is 1. The van der Waals surface area contributed by atoms with Gasteiger partial charge in [-0.15, -0.1) is 0 Å². The number of thioether (sulfide) groups is 1. The van der Waals surface area contributed by atoms with Gasteiger partial charge in [-0.2, -0.15) is 0 Å². The van der Waals surface area contributed by atoms with E-state index >= 15 is 0 Å². The molecule has 1 saturated carbocycles. The van der Waals surface area contributed by atoms with Crippen molar-refractivity contribution in [3.63, 3.8) is 0 Å². The number of benzene rings is 1. The van der Waals surface area contributed by atoms with Crippen LogP contribution in [-0.2, 0) is 23.7 Å². The maximum absolute atomic E-state index is 13.2. The summed E-state index contributed by atoms with van der Waals surface area (Å²) < 4.78 is 14.9. The second-order valence-electron chi connectivity index (χ2n) is 5.54. The summed E-state index contributed by atoms with van der Waals surface area (Å²) in [6.45, 7) is -0.0396. The summed E-state index contributed by atoms with van der Waals surface area (Å²) in [5.41, 5.74) is 1.44. The van der Waals surface area contributed by atoms with Gasteiger partial charge in [0.25, 0.3) is 0 Å². The van der Waals surface area contributed by atoms with E-state index in [0.29, 0.717) is 22.6 Å². The molecule has 0 spiro atoms. The Morgan fingerprint density at radius 2 is 2.30 bits per heavy atom. The first-order valence-electron chi connectivity index (χ1n) is 7.47. The molecule has 0 radical (unpaired) electrons. The summed E-state index contributed by atoms with van der Waals surface area (Å²) in [7, 11) is 0.